The summed E-state index contributed by atoms with van der Waals surface area (Å²) < 4.78 is 4.97. The molecular formula is C53H31N5S. The minimum absolute atomic E-state index is 0.635. The summed E-state index contributed by atoms with van der Waals surface area (Å²) in [6, 6.07) is 67.1. The predicted octanol–water partition coefficient (Wildman–Crippen LogP) is 13.8. The molecule has 9 aromatic carbocycles. The molecule has 4 heterocycles. The first-order chi connectivity index (χ1) is 29.3. The largest absolute Gasteiger partial charge is 0.294 e. The Morgan fingerprint density at radius 1 is 0.373 bits per heavy atom. The molecule has 0 fully saturated rings. The first-order valence-corrected chi connectivity index (χ1v) is 20.7. The van der Waals surface area contributed by atoms with Crippen molar-refractivity contribution in [3.8, 4) is 45.5 Å². The number of rotatable bonds is 4. The smallest absolute Gasteiger partial charge is 0.164 e. The van der Waals surface area contributed by atoms with Crippen molar-refractivity contribution in [2.75, 3.05) is 0 Å². The van der Waals surface area contributed by atoms with Crippen molar-refractivity contribution >= 4 is 76.9 Å². The normalized spacial score (nSPS) is 12.3. The third-order valence-electron chi connectivity index (χ3n) is 11.9. The van der Waals surface area contributed by atoms with Crippen LogP contribution in [0.15, 0.2) is 198 Å². The Morgan fingerprint density at radius 3 is 1.83 bits per heavy atom. The summed E-state index contributed by atoms with van der Waals surface area (Å²) in [5, 5.41) is 10.6. The van der Waals surface area contributed by atoms with Gasteiger partial charge in [0.15, 0.2) is 17.5 Å². The van der Waals surface area contributed by atoms with Crippen molar-refractivity contribution in [2.45, 2.75) is 9.79 Å². The number of nitrogens with zero attached hydrogens (tertiary/aromatic N) is 5. The molecule has 13 rings (SSSR count). The molecule has 274 valence electrons. The van der Waals surface area contributed by atoms with Crippen LogP contribution in [-0.2, 0) is 0 Å². The van der Waals surface area contributed by atoms with Gasteiger partial charge in [0.05, 0.1) is 22.4 Å². The Balaban J connectivity index is 1.10. The van der Waals surface area contributed by atoms with Gasteiger partial charge in [0.25, 0.3) is 0 Å². The topological polar surface area (TPSA) is 48.5 Å². The third-order valence-corrected chi connectivity index (χ3v) is 13.1. The van der Waals surface area contributed by atoms with E-state index in [4.69, 9.17) is 15.0 Å². The molecule has 1 aliphatic heterocycles. The van der Waals surface area contributed by atoms with Crippen molar-refractivity contribution in [2.24, 2.45) is 0 Å². The lowest BCUT2D eigenvalue weighted by Gasteiger charge is -2.21. The Bertz CT molecular complexity index is 3710. The van der Waals surface area contributed by atoms with E-state index in [2.05, 4.69) is 179 Å². The van der Waals surface area contributed by atoms with Gasteiger partial charge in [0, 0.05) is 48.0 Å². The van der Waals surface area contributed by atoms with Gasteiger partial charge in [-0.3, -0.25) is 9.13 Å². The molecule has 3 aromatic heterocycles. The Hall–Kier alpha value is -7.54. The summed E-state index contributed by atoms with van der Waals surface area (Å²) in [4.78, 5) is 18.3. The van der Waals surface area contributed by atoms with Crippen molar-refractivity contribution in [3.05, 3.63) is 188 Å². The van der Waals surface area contributed by atoms with Crippen molar-refractivity contribution < 1.29 is 0 Å². The average Bonchev–Trinajstić information content (AvgIpc) is 3.82. The summed E-state index contributed by atoms with van der Waals surface area (Å²) in [6.07, 6.45) is 0. The van der Waals surface area contributed by atoms with Gasteiger partial charge in [-0.1, -0.05) is 157 Å². The van der Waals surface area contributed by atoms with E-state index in [9.17, 15) is 0 Å². The fourth-order valence-corrected chi connectivity index (χ4v) is 10.5. The number of aromatic nitrogens is 5. The first kappa shape index (κ1) is 32.5. The highest BCUT2D eigenvalue weighted by Gasteiger charge is 2.28. The SMILES string of the molecule is c1ccc(-c2nc(-c3ccc(-n4c5ccccc5c5c6cccc7c6n(c54)-c4ccccc4S7)c4ccccc34)nc(-c3cc4ccccc4c4ccccc34)n2)cc1. The monoisotopic (exact) mass is 769 g/mol. The van der Waals surface area contributed by atoms with Gasteiger partial charge in [-0.15, -0.1) is 0 Å². The van der Waals surface area contributed by atoms with Gasteiger partial charge in [-0.2, -0.15) is 0 Å². The quantitative estimate of drug-likeness (QED) is 0.167. The highest BCUT2D eigenvalue weighted by atomic mass is 32.2. The molecule has 0 saturated heterocycles. The zero-order valence-corrected chi connectivity index (χ0v) is 32.4. The van der Waals surface area contributed by atoms with Crippen molar-refractivity contribution in [1.82, 2.24) is 24.1 Å². The molecule has 1 aliphatic rings. The summed E-state index contributed by atoms with van der Waals surface area (Å²) >= 11 is 1.85. The van der Waals surface area contributed by atoms with Crippen molar-refractivity contribution in [1.29, 1.82) is 0 Å². The molecule has 0 N–H and O–H groups in total. The Morgan fingerprint density at radius 2 is 0.983 bits per heavy atom. The summed E-state index contributed by atoms with van der Waals surface area (Å²) in [7, 11) is 0. The van der Waals surface area contributed by atoms with E-state index in [0.29, 0.717) is 17.5 Å². The second-order valence-electron chi connectivity index (χ2n) is 15.1. The first-order valence-electron chi connectivity index (χ1n) is 19.9. The Labute approximate surface area is 342 Å². The standard InChI is InChI=1S/C53H31N5S/c1-2-15-32(16-3-1)50-54-51(56-52(55-50)42-31-33-17-4-5-18-34(33)35-19-6-7-20-36(35)42)39-29-30-44(38-22-9-8-21-37(38)39)57-43-25-11-10-23-40(43)48-41-24-14-28-47-49(41)58(53(48)57)45-26-12-13-27-46(45)59-47/h1-31H. The van der Waals surface area contributed by atoms with E-state index in [0.717, 1.165) is 49.6 Å². The molecule has 0 unspecified atom stereocenters. The maximum Gasteiger partial charge on any atom is 0.164 e. The molecule has 0 radical (unpaired) electrons. The number of hydrogen-bond donors (Lipinski definition) is 0. The van der Waals surface area contributed by atoms with Crippen LogP contribution >= 0.6 is 11.8 Å². The molecular weight excluding hydrogens is 739 g/mol. The zero-order chi connectivity index (χ0) is 38.6. The number of benzene rings is 9. The van der Waals surface area contributed by atoms with Crippen molar-refractivity contribution in [3.63, 3.8) is 0 Å². The maximum absolute atomic E-state index is 5.36. The molecule has 6 heteroatoms. The molecule has 0 amide bonds. The van der Waals surface area contributed by atoms with Gasteiger partial charge in [0.1, 0.15) is 5.65 Å². The van der Waals surface area contributed by atoms with E-state index in [-0.39, 0.29) is 0 Å². The number of para-hydroxylation sites is 3. The third kappa shape index (κ3) is 4.72. The summed E-state index contributed by atoms with van der Waals surface area (Å²) in [5.41, 5.74) is 8.77. The van der Waals surface area contributed by atoms with Gasteiger partial charge in [-0.25, -0.2) is 15.0 Å². The van der Waals surface area contributed by atoms with E-state index in [1.807, 2.05) is 30.0 Å². The lowest BCUT2D eigenvalue weighted by molar-refractivity contribution is 1.03. The molecule has 0 aliphatic carbocycles. The summed E-state index contributed by atoms with van der Waals surface area (Å²) in [5.74, 6) is 1.92. The van der Waals surface area contributed by atoms with Crippen LogP contribution < -0.4 is 0 Å². The minimum atomic E-state index is 0.635. The van der Waals surface area contributed by atoms with Gasteiger partial charge >= 0.3 is 0 Å². The van der Waals surface area contributed by atoms with E-state index in [1.54, 1.807) is 0 Å². The fraction of sp³-hybridized carbons (Fsp3) is 0. The van der Waals surface area contributed by atoms with Crippen LogP contribution in [0.4, 0.5) is 0 Å². The van der Waals surface area contributed by atoms with Crippen LogP contribution in [0.25, 0.3) is 111 Å². The minimum Gasteiger partial charge on any atom is -0.294 e. The van der Waals surface area contributed by atoms with Crippen LogP contribution in [0.1, 0.15) is 0 Å². The molecule has 0 saturated carbocycles. The Kier molecular flexibility index (Phi) is 6.88. The maximum atomic E-state index is 5.36. The van der Waals surface area contributed by atoms with Crippen LogP contribution in [0.3, 0.4) is 0 Å². The lowest BCUT2D eigenvalue weighted by Crippen LogP contribution is -2.06. The molecule has 0 spiro atoms. The van der Waals surface area contributed by atoms with Crippen LogP contribution in [0.5, 0.6) is 0 Å². The second-order valence-corrected chi connectivity index (χ2v) is 16.2. The van der Waals surface area contributed by atoms with Gasteiger partial charge in [-0.05, 0) is 69.4 Å². The number of fused-ring (bicyclic) bond motifs is 11. The molecule has 0 bridgehead atoms. The number of hydrogen-bond acceptors (Lipinski definition) is 4. The van der Waals surface area contributed by atoms with Gasteiger partial charge < -0.3 is 0 Å². The van der Waals surface area contributed by atoms with E-state index in [1.165, 1.54) is 53.4 Å². The predicted molar refractivity (Wildman–Crippen MR) is 244 cm³/mol. The fourth-order valence-electron chi connectivity index (χ4n) is 9.42. The molecule has 0 atom stereocenters. The molecule has 12 aromatic rings. The second kappa shape index (κ2) is 12.5. The zero-order valence-electron chi connectivity index (χ0n) is 31.5. The van der Waals surface area contributed by atoms with Crippen LogP contribution in [0, 0.1) is 0 Å². The average molecular weight is 770 g/mol. The van der Waals surface area contributed by atoms with E-state index < -0.39 is 0 Å². The van der Waals surface area contributed by atoms with Gasteiger partial charge in [0.2, 0.25) is 0 Å². The highest BCUT2D eigenvalue weighted by Crippen LogP contribution is 2.50. The van der Waals surface area contributed by atoms with Crippen LogP contribution in [0.2, 0.25) is 0 Å². The summed E-state index contributed by atoms with van der Waals surface area (Å²) in [6.45, 7) is 0. The molecule has 59 heavy (non-hydrogen) atoms. The molecule has 5 nitrogen and oxygen atoms in total. The van der Waals surface area contributed by atoms with Crippen LogP contribution in [-0.4, -0.2) is 24.1 Å². The van der Waals surface area contributed by atoms with E-state index >= 15 is 0 Å². The highest BCUT2D eigenvalue weighted by molar-refractivity contribution is 7.99. The lowest BCUT2D eigenvalue weighted by atomic mass is 9.96.